The Hall–Kier alpha value is -2.33. The molecule has 0 radical (unpaired) electrons. The van der Waals surface area contributed by atoms with Crippen LogP contribution < -0.4 is 0 Å². The topological polar surface area (TPSA) is 88.4 Å². The largest absolute Gasteiger partial charge is 0.343 e. The molecule has 10 heteroatoms. The molecule has 2 aliphatic rings. The van der Waals surface area contributed by atoms with Crippen molar-refractivity contribution < 1.29 is 17.6 Å². The minimum absolute atomic E-state index is 0.0810. The maximum absolute atomic E-state index is 14.1. The minimum atomic E-state index is -3.91. The molecule has 2 aromatic rings. The Morgan fingerprint density at radius 3 is 2.48 bits per heavy atom. The second-order valence-electron chi connectivity index (χ2n) is 7.49. The molecule has 1 aromatic carbocycles. The number of sulfonamides is 1. The summed E-state index contributed by atoms with van der Waals surface area (Å²) in [6.45, 7) is 3.86. The number of likely N-dealkylation sites (tertiary alicyclic amines) is 1. The monoisotopic (exact) mass is 421 g/mol. The van der Waals surface area contributed by atoms with Crippen molar-refractivity contribution in [1.82, 2.24) is 24.0 Å². The number of fused-ring (bicyclic) bond motifs is 1. The van der Waals surface area contributed by atoms with Gasteiger partial charge < -0.3 is 9.47 Å². The zero-order valence-corrected chi connectivity index (χ0v) is 17.1. The maximum atomic E-state index is 14.1. The molecular weight excluding hydrogens is 397 g/mol. The summed E-state index contributed by atoms with van der Waals surface area (Å²) in [5.41, 5.74) is 0. The predicted molar refractivity (Wildman–Crippen MR) is 103 cm³/mol. The van der Waals surface area contributed by atoms with Crippen LogP contribution in [0.2, 0.25) is 0 Å². The Morgan fingerprint density at radius 1 is 1.07 bits per heavy atom. The molecular formula is C19H24FN5O3S. The highest BCUT2D eigenvalue weighted by molar-refractivity contribution is 7.89. The highest BCUT2D eigenvalue weighted by Crippen LogP contribution is 2.29. The first-order chi connectivity index (χ1) is 13.9. The number of hydrogen-bond donors (Lipinski definition) is 0. The number of nitrogens with zero attached hydrogens (tertiary/aromatic N) is 5. The highest BCUT2D eigenvalue weighted by Gasteiger charge is 2.32. The van der Waals surface area contributed by atoms with E-state index in [0.29, 0.717) is 26.1 Å². The third kappa shape index (κ3) is 3.78. The van der Waals surface area contributed by atoms with Gasteiger partial charge in [-0.05, 0) is 25.0 Å². The lowest BCUT2D eigenvalue weighted by Crippen LogP contribution is -2.37. The van der Waals surface area contributed by atoms with E-state index in [2.05, 4.69) is 10.2 Å². The van der Waals surface area contributed by atoms with Crippen LogP contribution in [0.15, 0.2) is 29.2 Å². The first-order valence-corrected chi connectivity index (χ1v) is 11.2. The van der Waals surface area contributed by atoms with Crippen LogP contribution in [-0.4, -0.2) is 64.5 Å². The van der Waals surface area contributed by atoms with Crippen LogP contribution in [0.5, 0.6) is 0 Å². The van der Waals surface area contributed by atoms with Crippen molar-refractivity contribution in [2.45, 2.75) is 43.5 Å². The number of piperidine rings is 1. The van der Waals surface area contributed by atoms with E-state index >= 15 is 0 Å². The van der Waals surface area contributed by atoms with Gasteiger partial charge in [-0.3, -0.25) is 4.79 Å². The van der Waals surface area contributed by atoms with E-state index in [-0.39, 0.29) is 29.8 Å². The van der Waals surface area contributed by atoms with Gasteiger partial charge >= 0.3 is 0 Å². The van der Waals surface area contributed by atoms with Crippen molar-refractivity contribution in [2.75, 3.05) is 26.2 Å². The molecule has 3 heterocycles. The van der Waals surface area contributed by atoms with Crippen LogP contribution >= 0.6 is 0 Å². The van der Waals surface area contributed by atoms with E-state index in [1.807, 2.05) is 9.47 Å². The molecule has 156 valence electrons. The van der Waals surface area contributed by atoms with Crippen LogP contribution in [0.4, 0.5) is 4.39 Å². The lowest BCUT2D eigenvalue weighted by Gasteiger charge is -2.31. The lowest BCUT2D eigenvalue weighted by molar-refractivity contribution is -0.129. The Bertz CT molecular complexity index is 1010. The number of halogens is 1. The average molecular weight is 421 g/mol. The van der Waals surface area contributed by atoms with Crippen molar-refractivity contribution in [1.29, 1.82) is 0 Å². The Labute approximate surface area is 169 Å². The van der Waals surface area contributed by atoms with Crippen molar-refractivity contribution in [3.05, 3.63) is 41.7 Å². The molecule has 0 N–H and O–H groups in total. The van der Waals surface area contributed by atoms with Gasteiger partial charge in [0.25, 0.3) is 0 Å². The molecule has 0 bridgehead atoms. The van der Waals surface area contributed by atoms with Gasteiger partial charge in [0.05, 0.1) is 0 Å². The van der Waals surface area contributed by atoms with E-state index in [0.717, 1.165) is 30.6 Å². The Morgan fingerprint density at radius 2 is 1.79 bits per heavy atom. The Balaban J connectivity index is 1.51. The molecule has 1 saturated heterocycles. The van der Waals surface area contributed by atoms with Gasteiger partial charge in [0.1, 0.15) is 22.4 Å². The molecule has 1 amide bonds. The molecule has 4 rings (SSSR count). The van der Waals surface area contributed by atoms with Gasteiger partial charge in [-0.25, -0.2) is 12.8 Å². The number of rotatable bonds is 3. The number of carbonyl (C=O) groups is 1. The summed E-state index contributed by atoms with van der Waals surface area (Å²) in [6, 6.07) is 5.45. The van der Waals surface area contributed by atoms with Crippen LogP contribution in [-0.2, 0) is 27.8 Å². The lowest BCUT2D eigenvalue weighted by atomic mass is 9.96. The second kappa shape index (κ2) is 7.83. The second-order valence-corrected chi connectivity index (χ2v) is 9.40. The average Bonchev–Trinajstić information content (AvgIpc) is 2.98. The quantitative estimate of drug-likeness (QED) is 0.747. The van der Waals surface area contributed by atoms with Crippen molar-refractivity contribution >= 4 is 15.9 Å². The van der Waals surface area contributed by atoms with Gasteiger partial charge in [-0.15, -0.1) is 10.2 Å². The van der Waals surface area contributed by atoms with E-state index in [1.165, 1.54) is 22.5 Å². The zero-order valence-electron chi connectivity index (χ0n) is 16.3. The van der Waals surface area contributed by atoms with E-state index in [1.54, 1.807) is 6.92 Å². The van der Waals surface area contributed by atoms with Gasteiger partial charge in [0.2, 0.25) is 15.9 Å². The third-order valence-electron chi connectivity index (χ3n) is 5.77. The van der Waals surface area contributed by atoms with Gasteiger partial charge in [-0.2, -0.15) is 4.31 Å². The first kappa shape index (κ1) is 20.0. The molecule has 29 heavy (non-hydrogen) atoms. The van der Waals surface area contributed by atoms with E-state index in [9.17, 15) is 17.6 Å². The van der Waals surface area contributed by atoms with Gasteiger partial charge in [-0.1, -0.05) is 12.1 Å². The summed E-state index contributed by atoms with van der Waals surface area (Å²) in [5, 5.41) is 8.66. The summed E-state index contributed by atoms with van der Waals surface area (Å²) in [6.07, 6.45) is 2.05. The summed E-state index contributed by atoms with van der Waals surface area (Å²) in [5.74, 6) is 1.14. The van der Waals surface area contributed by atoms with Gasteiger partial charge in [0.15, 0.2) is 0 Å². The number of benzene rings is 1. The summed E-state index contributed by atoms with van der Waals surface area (Å²) < 4.78 is 43.3. The molecule has 0 aliphatic carbocycles. The van der Waals surface area contributed by atoms with Crippen LogP contribution in [0.3, 0.4) is 0 Å². The molecule has 0 unspecified atom stereocenters. The normalized spacial score (nSPS) is 19.0. The fraction of sp³-hybridized carbons (Fsp3) is 0.526. The molecule has 1 fully saturated rings. The van der Waals surface area contributed by atoms with Crippen LogP contribution in [0.1, 0.15) is 37.3 Å². The van der Waals surface area contributed by atoms with E-state index < -0.39 is 15.8 Å². The number of amides is 1. The fourth-order valence-electron chi connectivity index (χ4n) is 4.11. The predicted octanol–water partition coefficient (Wildman–Crippen LogP) is 1.39. The molecule has 0 spiro atoms. The van der Waals surface area contributed by atoms with Crippen molar-refractivity contribution in [3.8, 4) is 0 Å². The summed E-state index contributed by atoms with van der Waals surface area (Å²) >= 11 is 0. The smallest absolute Gasteiger partial charge is 0.246 e. The van der Waals surface area contributed by atoms with Crippen LogP contribution in [0.25, 0.3) is 0 Å². The van der Waals surface area contributed by atoms with Crippen molar-refractivity contribution in [2.24, 2.45) is 0 Å². The van der Waals surface area contributed by atoms with Crippen LogP contribution in [0, 0.1) is 5.82 Å². The minimum Gasteiger partial charge on any atom is -0.343 e. The summed E-state index contributed by atoms with van der Waals surface area (Å²) in [4.78, 5) is 13.1. The summed E-state index contributed by atoms with van der Waals surface area (Å²) in [7, 11) is -3.91. The standard InChI is InChI=1S/C19H24FN5O3S/c1-14(26)23-9-6-15(7-10-23)19-22-21-18-8-11-24(12-13-25(18)19)29(27,28)17-5-3-2-4-16(17)20/h2-5,15H,6-13H2,1H3. The zero-order chi connectivity index (χ0) is 20.6. The van der Waals surface area contributed by atoms with Crippen molar-refractivity contribution in [3.63, 3.8) is 0 Å². The maximum Gasteiger partial charge on any atom is 0.246 e. The third-order valence-corrected chi connectivity index (χ3v) is 7.71. The number of carbonyl (C=O) groups excluding carboxylic acids is 1. The number of hydrogen-bond acceptors (Lipinski definition) is 5. The molecule has 8 nitrogen and oxygen atoms in total. The molecule has 0 atom stereocenters. The molecule has 2 aliphatic heterocycles. The Kier molecular flexibility index (Phi) is 5.39. The highest BCUT2D eigenvalue weighted by atomic mass is 32.2. The molecule has 1 aromatic heterocycles. The van der Waals surface area contributed by atoms with E-state index in [4.69, 9.17) is 0 Å². The SMILES string of the molecule is CC(=O)N1CCC(c2nnc3n2CCN(S(=O)(=O)c2ccccc2F)CC3)CC1. The fourth-order valence-corrected chi connectivity index (χ4v) is 5.61. The molecule has 0 saturated carbocycles. The van der Waals surface area contributed by atoms with Gasteiger partial charge in [0, 0.05) is 52.0 Å². The number of aromatic nitrogens is 3. The first-order valence-electron chi connectivity index (χ1n) is 9.80.